The fraction of sp³-hybridized carbons (Fsp3) is 0.824. The summed E-state index contributed by atoms with van der Waals surface area (Å²) in [6.45, 7) is 4.09. The van der Waals surface area contributed by atoms with Crippen LogP contribution in [0.5, 0.6) is 0 Å². The van der Waals surface area contributed by atoms with Crippen molar-refractivity contribution in [2.45, 2.75) is 89.1 Å². The molecule has 1 aromatic heterocycles. The van der Waals surface area contributed by atoms with Gasteiger partial charge in [0.25, 0.3) is 0 Å². The van der Waals surface area contributed by atoms with E-state index in [1.807, 2.05) is 13.8 Å². The molecule has 0 radical (unpaired) electrons. The van der Waals surface area contributed by atoms with E-state index < -0.39 is 5.60 Å². The van der Waals surface area contributed by atoms with E-state index in [4.69, 9.17) is 9.84 Å². The van der Waals surface area contributed by atoms with Crippen molar-refractivity contribution in [1.82, 2.24) is 9.78 Å². The number of ether oxygens (including phenoxy) is 1. The lowest BCUT2D eigenvalue weighted by molar-refractivity contribution is -0.131. The third-order valence-corrected chi connectivity index (χ3v) is 4.92. The zero-order chi connectivity index (χ0) is 14.9. The summed E-state index contributed by atoms with van der Waals surface area (Å²) in [5.74, 6) is 0. The Kier molecular flexibility index (Phi) is 4.36. The van der Waals surface area contributed by atoms with Gasteiger partial charge in [-0.2, -0.15) is 5.10 Å². The second-order valence-corrected chi connectivity index (χ2v) is 7.15. The molecule has 0 amide bonds. The van der Waals surface area contributed by atoms with Crippen LogP contribution in [0.2, 0.25) is 0 Å². The molecule has 1 aliphatic heterocycles. The summed E-state index contributed by atoms with van der Waals surface area (Å²) in [6.07, 6.45) is 10.9. The van der Waals surface area contributed by atoms with Crippen LogP contribution in [0.25, 0.3) is 0 Å². The molecular formula is C17H28N2O2. The van der Waals surface area contributed by atoms with Gasteiger partial charge in [0.15, 0.2) is 0 Å². The molecule has 1 saturated heterocycles. The molecule has 1 N–H and O–H groups in total. The van der Waals surface area contributed by atoms with Crippen LogP contribution in [0.4, 0.5) is 0 Å². The monoisotopic (exact) mass is 292 g/mol. The van der Waals surface area contributed by atoms with E-state index in [2.05, 4.69) is 16.9 Å². The van der Waals surface area contributed by atoms with Crippen molar-refractivity contribution in [2.75, 3.05) is 0 Å². The Balaban J connectivity index is 1.66. The Morgan fingerprint density at radius 3 is 2.57 bits per heavy atom. The Bertz CT molecular complexity index is 455. The van der Waals surface area contributed by atoms with E-state index in [0.717, 1.165) is 5.69 Å². The molecule has 2 fully saturated rings. The molecule has 1 saturated carbocycles. The first kappa shape index (κ1) is 15.0. The molecule has 21 heavy (non-hydrogen) atoms. The molecule has 2 atom stereocenters. The lowest BCUT2D eigenvalue weighted by atomic mass is 9.84. The van der Waals surface area contributed by atoms with Crippen LogP contribution >= 0.6 is 0 Å². The highest BCUT2D eigenvalue weighted by Gasteiger charge is 2.37. The lowest BCUT2D eigenvalue weighted by Gasteiger charge is -2.38. The zero-order valence-electron chi connectivity index (χ0n) is 13.3. The fourth-order valence-electron chi connectivity index (χ4n) is 4.15. The molecule has 0 aromatic carbocycles. The number of nitrogens with zero attached hydrogens (tertiary/aromatic N) is 2. The predicted molar refractivity (Wildman–Crippen MR) is 82.2 cm³/mol. The van der Waals surface area contributed by atoms with Gasteiger partial charge in [0.2, 0.25) is 0 Å². The van der Waals surface area contributed by atoms with Crippen molar-refractivity contribution < 1.29 is 9.84 Å². The number of aromatic nitrogens is 2. The quantitative estimate of drug-likeness (QED) is 0.930. The van der Waals surface area contributed by atoms with Gasteiger partial charge in [-0.3, -0.25) is 4.68 Å². The normalized spacial score (nSPS) is 35.0. The minimum absolute atomic E-state index is 0.124. The molecule has 1 aromatic rings. The van der Waals surface area contributed by atoms with E-state index >= 15 is 0 Å². The van der Waals surface area contributed by atoms with Crippen molar-refractivity contribution in [1.29, 1.82) is 0 Å². The van der Waals surface area contributed by atoms with Crippen molar-refractivity contribution in [3.63, 3.8) is 0 Å². The van der Waals surface area contributed by atoms with Crippen LogP contribution in [-0.2, 0) is 11.2 Å². The maximum absolute atomic E-state index is 10.9. The maximum atomic E-state index is 10.9. The minimum Gasteiger partial charge on any atom is -0.389 e. The third-order valence-electron chi connectivity index (χ3n) is 4.92. The van der Waals surface area contributed by atoms with Crippen molar-refractivity contribution >= 4 is 0 Å². The predicted octanol–water partition coefficient (Wildman–Crippen LogP) is 3.25. The van der Waals surface area contributed by atoms with Crippen LogP contribution in [-0.4, -0.2) is 32.7 Å². The second-order valence-electron chi connectivity index (χ2n) is 7.15. The van der Waals surface area contributed by atoms with Gasteiger partial charge < -0.3 is 9.84 Å². The molecule has 4 heteroatoms. The van der Waals surface area contributed by atoms with Gasteiger partial charge in [0, 0.05) is 25.5 Å². The number of rotatable bonds is 3. The smallest absolute Gasteiger partial charge is 0.0752 e. The Morgan fingerprint density at radius 2 is 1.90 bits per heavy atom. The maximum Gasteiger partial charge on any atom is 0.0752 e. The average molecular weight is 292 g/mol. The molecule has 118 valence electrons. The molecular weight excluding hydrogens is 264 g/mol. The Hall–Kier alpha value is -0.870. The van der Waals surface area contributed by atoms with Crippen LogP contribution in [0.3, 0.4) is 0 Å². The van der Waals surface area contributed by atoms with Gasteiger partial charge in [0.05, 0.1) is 29.5 Å². The van der Waals surface area contributed by atoms with Gasteiger partial charge >= 0.3 is 0 Å². The Morgan fingerprint density at radius 1 is 1.24 bits per heavy atom. The van der Waals surface area contributed by atoms with E-state index in [1.165, 1.54) is 32.1 Å². The first-order valence-corrected chi connectivity index (χ1v) is 8.46. The van der Waals surface area contributed by atoms with Crippen LogP contribution in [0.1, 0.15) is 70.5 Å². The standard InChI is InChI=1S/C17H28N2O2/c1-13-10-17(20,11-14(2)21-13)12-15-8-9-19(18-15)16-6-4-3-5-7-16/h8-9,13-14,16,20H,3-7,10-12H2,1-2H3. The van der Waals surface area contributed by atoms with Crippen molar-refractivity contribution in [3.05, 3.63) is 18.0 Å². The molecule has 2 heterocycles. The van der Waals surface area contributed by atoms with Gasteiger partial charge in [-0.15, -0.1) is 0 Å². The number of hydrogen-bond acceptors (Lipinski definition) is 3. The summed E-state index contributed by atoms with van der Waals surface area (Å²) in [5.41, 5.74) is 0.354. The summed E-state index contributed by atoms with van der Waals surface area (Å²) in [6, 6.07) is 2.65. The molecule has 0 bridgehead atoms. The number of aliphatic hydroxyl groups is 1. The van der Waals surface area contributed by atoms with E-state index in [0.29, 0.717) is 25.3 Å². The summed E-state index contributed by atoms with van der Waals surface area (Å²) in [4.78, 5) is 0. The molecule has 3 rings (SSSR count). The van der Waals surface area contributed by atoms with E-state index in [9.17, 15) is 5.11 Å². The summed E-state index contributed by atoms with van der Waals surface area (Å²) in [7, 11) is 0. The number of hydrogen-bond donors (Lipinski definition) is 1. The highest BCUT2D eigenvalue weighted by molar-refractivity contribution is 5.06. The molecule has 1 aliphatic carbocycles. The van der Waals surface area contributed by atoms with Crippen molar-refractivity contribution in [2.24, 2.45) is 0 Å². The van der Waals surface area contributed by atoms with Gasteiger partial charge in [0.1, 0.15) is 0 Å². The third kappa shape index (κ3) is 3.67. The largest absolute Gasteiger partial charge is 0.389 e. The molecule has 2 aliphatic rings. The highest BCUT2D eigenvalue weighted by Crippen LogP contribution is 2.32. The second kappa shape index (κ2) is 6.09. The first-order valence-electron chi connectivity index (χ1n) is 8.46. The summed E-state index contributed by atoms with van der Waals surface area (Å²) in [5, 5.41) is 15.6. The van der Waals surface area contributed by atoms with E-state index in [1.54, 1.807) is 0 Å². The Labute approximate surface area is 127 Å². The highest BCUT2D eigenvalue weighted by atomic mass is 16.5. The first-order chi connectivity index (χ1) is 10.0. The molecule has 2 unspecified atom stereocenters. The lowest BCUT2D eigenvalue weighted by Crippen LogP contribution is -2.45. The fourth-order valence-corrected chi connectivity index (χ4v) is 4.15. The van der Waals surface area contributed by atoms with E-state index in [-0.39, 0.29) is 12.2 Å². The topological polar surface area (TPSA) is 47.3 Å². The van der Waals surface area contributed by atoms with Crippen LogP contribution < -0.4 is 0 Å². The SMILES string of the molecule is CC1CC(O)(Cc2ccn(C3CCCCC3)n2)CC(C)O1. The molecule has 4 nitrogen and oxygen atoms in total. The van der Waals surface area contributed by atoms with Crippen molar-refractivity contribution in [3.8, 4) is 0 Å². The zero-order valence-corrected chi connectivity index (χ0v) is 13.3. The van der Waals surface area contributed by atoms with Gasteiger partial charge in [-0.05, 0) is 32.8 Å². The average Bonchev–Trinajstić information content (AvgIpc) is 2.85. The minimum atomic E-state index is -0.664. The summed E-state index contributed by atoms with van der Waals surface area (Å²) < 4.78 is 7.86. The van der Waals surface area contributed by atoms with Gasteiger partial charge in [-0.1, -0.05) is 19.3 Å². The van der Waals surface area contributed by atoms with Crippen LogP contribution in [0, 0.1) is 0 Å². The van der Waals surface area contributed by atoms with Crippen LogP contribution in [0.15, 0.2) is 12.3 Å². The summed E-state index contributed by atoms with van der Waals surface area (Å²) >= 11 is 0. The molecule has 0 spiro atoms. The van der Waals surface area contributed by atoms with Gasteiger partial charge in [-0.25, -0.2) is 0 Å².